The van der Waals surface area contributed by atoms with Crippen molar-refractivity contribution in [2.75, 3.05) is 5.33 Å². The standard InChI is InChI=1S/C13H18BrCl/c1-3-10(2)8-12(9-14)11-4-6-13(15)7-5-11/h4-7,10,12H,3,8-9H2,1-2H3. The summed E-state index contributed by atoms with van der Waals surface area (Å²) in [6.07, 6.45) is 2.49. The lowest BCUT2D eigenvalue weighted by Gasteiger charge is -2.18. The molecule has 0 N–H and O–H groups in total. The summed E-state index contributed by atoms with van der Waals surface area (Å²) in [4.78, 5) is 0. The maximum atomic E-state index is 5.88. The molecule has 2 heteroatoms. The fraction of sp³-hybridized carbons (Fsp3) is 0.538. The summed E-state index contributed by atoms with van der Waals surface area (Å²) in [5.41, 5.74) is 1.39. The smallest absolute Gasteiger partial charge is 0.0406 e. The second-order valence-electron chi connectivity index (χ2n) is 4.15. The van der Waals surface area contributed by atoms with Crippen molar-refractivity contribution in [1.82, 2.24) is 0 Å². The molecule has 0 aliphatic heterocycles. The first-order valence-electron chi connectivity index (χ1n) is 5.48. The van der Waals surface area contributed by atoms with Crippen LogP contribution in [0.15, 0.2) is 24.3 Å². The third-order valence-corrected chi connectivity index (χ3v) is 3.95. The predicted molar refractivity (Wildman–Crippen MR) is 72.1 cm³/mol. The van der Waals surface area contributed by atoms with E-state index in [9.17, 15) is 0 Å². The summed E-state index contributed by atoms with van der Waals surface area (Å²) in [5.74, 6) is 1.39. The Kier molecular flexibility index (Phi) is 5.70. The molecule has 0 heterocycles. The van der Waals surface area contributed by atoms with Crippen LogP contribution in [0.25, 0.3) is 0 Å². The van der Waals surface area contributed by atoms with Crippen LogP contribution in [0.3, 0.4) is 0 Å². The van der Waals surface area contributed by atoms with Crippen molar-refractivity contribution < 1.29 is 0 Å². The molecule has 1 rings (SSSR count). The van der Waals surface area contributed by atoms with Crippen LogP contribution in [-0.2, 0) is 0 Å². The topological polar surface area (TPSA) is 0 Å². The van der Waals surface area contributed by atoms with Crippen molar-refractivity contribution in [3.8, 4) is 0 Å². The Morgan fingerprint density at radius 1 is 1.27 bits per heavy atom. The highest BCUT2D eigenvalue weighted by atomic mass is 79.9. The molecule has 1 aromatic rings. The van der Waals surface area contributed by atoms with Gasteiger partial charge >= 0.3 is 0 Å². The van der Waals surface area contributed by atoms with Gasteiger partial charge in [-0.3, -0.25) is 0 Å². The second-order valence-corrected chi connectivity index (χ2v) is 5.24. The minimum Gasteiger partial charge on any atom is -0.0921 e. The maximum absolute atomic E-state index is 5.88. The fourth-order valence-electron chi connectivity index (χ4n) is 1.68. The van der Waals surface area contributed by atoms with Crippen LogP contribution in [0, 0.1) is 5.92 Å². The summed E-state index contributed by atoms with van der Waals surface area (Å²) in [6.45, 7) is 4.56. The van der Waals surface area contributed by atoms with Crippen LogP contribution in [-0.4, -0.2) is 5.33 Å². The van der Waals surface area contributed by atoms with Crippen molar-refractivity contribution in [2.45, 2.75) is 32.6 Å². The van der Waals surface area contributed by atoms with Crippen LogP contribution < -0.4 is 0 Å². The van der Waals surface area contributed by atoms with Crippen molar-refractivity contribution >= 4 is 27.5 Å². The summed E-state index contributed by atoms with van der Waals surface area (Å²) in [7, 11) is 0. The lowest BCUT2D eigenvalue weighted by atomic mass is 9.90. The summed E-state index contributed by atoms with van der Waals surface area (Å²) in [6, 6.07) is 8.22. The van der Waals surface area contributed by atoms with E-state index in [2.05, 4.69) is 41.9 Å². The first-order valence-corrected chi connectivity index (χ1v) is 6.98. The van der Waals surface area contributed by atoms with Crippen molar-refractivity contribution in [1.29, 1.82) is 0 Å². The molecule has 0 spiro atoms. The number of benzene rings is 1. The SMILES string of the molecule is CCC(C)CC(CBr)c1ccc(Cl)cc1. The highest BCUT2D eigenvalue weighted by Crippen LogP contribution is 2.27. The molecule has 0 aliphatic rings. The summed E-state index contributed by atoms with van der Waals surface area (Å²) < 4.78 is 0. The van der Waals surface area contributed by atoms with Crippen LogP contribution >= 0.6 is 27.5 Å². The molecule has 1 aromatic carbocycles. The average Bonchev–Trinajstić information content (AvgIpc) is 2.27. The molecule has 0 saturated carbocycles. The van der Waals surface area contributed by atoms with Crippen molar-refractivity contribution in [3.05, 3.63) is 34.9 Å². The number of alkyl halides is 1. The van der Waals surface area contributed by atoms with E-state index in [1.54, 1.807) is 0 Å². The highest BCUT2D eigenvalue weighted by Gasteiger charge is 2.13. The fourth-order valence-corrected chi connectivity index (χ4v) is 2.44. The zero-order valence-corrected chi connectivity index (χ0v) is 11.7. The first kappa shape index (κ1) is 13.1. The quantitative estimate of drug-likeness (QED) is 0.649. The average molecular weight is 290 g/mol. The van der Waals surface area contributed by atoms with Gasteiger partial charge in [-0.05, 0) is 36.0 Å². The monoisotopic (exact) mass is 288 g/mol. The number of rotatable bonds is 5. The molecule has 0 nitrogen and oxygen atoms in total. The molecule has 2 unspecified atom stereocenters. The zero-order chi connectivity index (χ0) is 11.3. The largest absolute Gasteiger partial charge is 0.0921 e. The lowest BCUT2D eigenvalue weighted by molar-refractivity contribution is 0.475. The number of hydrogen-bond donors (Lipinski definition) is 0. The molecule has 0 saturated heterocycles. The molecule has 0 bridgehead atoms. The van der Waals surface area contributed by atoms with Crippen LogP contribution in [0.1, 0.15) is 38.2 Å². The highest BCUT2D eigenvalue weighted by molar-refractivity contribution is 9.09. The Balaban J connectivity index is 2.69. The van der Waals surface area contributed by atoms with Gasteiger partial charge in [0.2, 0.25) is 0 Å². The van der Waals surface area contributed by atoms with Crippen LogP contribution in [0.5, 0.6) is 0 Å². The zero-order valence-electron chi connectivity index (χ0n) is 9.34. The minimum atomic E-state index is 0.609. The summed E-state index contributed by atoms with van der Waals surface area (Å²) >= 11 is 9.48. The molecule has 0 radical (unpaired) electrons. The van der Waals surface area contributed by atoms with Gasteiger partial charge in [-0.25, -0.2) is 0 Å². The second kappa shape index (κ2) is 6.55. The lowest BCUT2D eigenvalue weighted by Crippen LogP contribution is -2.05. The first-order chi connectivity index (χ1) is 7.17. The van der Waals surface area contributed by atoms with E-state index in [1.807, 2.05) is 12.1 Å². The van der Waals surface area contributed by atoms with E-state index in [1.165, 1.54) is 18.4 Å². The third-order valence-electron chi connectivity index (χ3n) is 2.91. The minimum absolute atomic E-state index is 0.609. The van der Waals surface area contributed by atoms with Gasteiger partial charge in [0.25, 0.3) is 0 Å². The Morgan fingerprint density at radius 3 is 2.33 bits per heavy atom. The van der Waals surface area contributed by atoms with Gasteiger partial charge in [0.15, 0.2) is 0 Å². The molecular formula is C13H18BrCl. The Morgan fingerprint density at radius 2 is 1.87 bits per heavy atom. The van der Waals surface area contributed by atoms with Crippen LogP contribution in [0.4, 0.5) is 0 Å². The van der Waals surface area contributed by atoms with Gasteiger partial charge < -0.3 is 0 Å². The molecule has 2 atom stereocenters. The molecule has 15 heavy (non-hydrogen) atoms. The molecule has 0 aromatic heterocycles. The number of halogens is 2. The molecule has 84 valence electrons. The molecule has 0 aliphatic carbocycles. The van der Waals surface area contributed by atoms with Crippen molar-refractivity contribution in [3.63, 3.8) is 0 Å². The Bertz CT molecular complexity index is 281. The maximum Gasteiger partial charge on any atom is 0.0406 e. The summed E-state index contributed by atoms with van der Waals surface area (Å²) in [5, 5.41) is 1.84. The molecular weight excluding hydrogens is 272 g/mol. The van der Waals surface area contributed by atoms with E-state index in [0.29, 0.717) is 5.92 Å². The normalized spacial score (nSPS) is 14.9. The van der Waals surface area contributed by atoms with E-state index in [0.717, 1.165) is 16.3 Å². The van der Waals surface area contributed by atoms with Gasteiger partial charge in [0.1, 0.15) is 0 Å². The third kappa shape index (κ3) is 4.16. The Hall–Kier alpha value is -0.0100. The van der Waals surface area contributed by atoms with Gasteiger partial charge in [0.05, 0.1) is 0 Å². The van der Waals surface area contributed by atoms with Crippen LogP contribution in [0.2, 0.25) is 5.02 Å². The predicted octanol–water partition coefficient (Wildman–Crippen LogP) is 5.25. The molecule has 0 fully saturated rings. The van der Waals surface area contributed by atoms with E-state index >= 15 is 0 Å². The van der Waals surface area contributed by atoms with Gasteiger partial charge in [-0.1, -0.05) is 59.9 Å². The van der Waals surface area contributed by atoms with Gasteiger partial charge in [-0.15, -0.1) is 0 Å². The van der Waals surface area contributed by atoms with Crippen molar-refractivity contribution in [2.24, 2.45) is 5.92 Å². The van der Waals surface area contributed by atoms with E-state index < -0.39 is 0 Å². The van der Waals surface area contributed by atoms with E-state index in [4.69, 9.17) is 11.6 Å². The molecule has 0 amide bonds. The number of hydrogen-bond acceptors (Lipinski definition) is 0. The van der Waals surface area contributed by atoms with Gasteiger partial charge in [-0.2, -0.15) is 0 Å². The van der Waals surface area contributed by atoms with E-state index in [-0.39, 0.29) is 0 Å². The van der Waals surface area contributed by atoms with Gasteiger partial charge in [0, 0.05) is 10.4 Å². The Labute approximate surface area is 106 Å².